The molecule has 0 amide bonds. The lowest BCUT2D eigenvalue weighted by molar-refractivity contribution is 0.416. The third-order valence-electron chi connectivity index (χ3n) is 5.97. The highest BCUT2D eigenvalue weighted by atomic mass is 15.2. The van der Waals surface area contributed by atoms with Crippen molar-refractivity contribution in [2.45, 2.75) is 6.92 Å². The second-order valence-corrected chi connectivity index (χ2v) is 8.84. The summed E-state index contributed by atoms with van der Waals surface area (Å²) in [5, 5.41) is 13.6. The molecule has 2 aromatic heterocycles. The number of nitrogens with two attached hydrogens (primary N) is 1. The number of likely N-dealkylation sites (N-methyl/N-ethyl adjacent to an activating group) is 2. The molecule has 2 heterocycles. The van der Waals surface area contributed by atoms with Gasteiger partial charge in [-0.25, -0.2) is 9.97 Å². The summed E-state index contributed by atoms with van der Waals surface area (Å²) < 4.78 is 2.01. The molecular weight excluding hydrogens is 424 g/mol. The zero-order chi connectivity index (χ0) is 24.4. The first-order valence-electron chi connectivity index (χ1n) is 11.1. The molecule has 0 radical (unpaired) electrons. The summed E-state index contributed by atoms with van der Waals surface area (Å²) in [5.74, 6) is 0.499. The molecule has 0 unspecified atom stereocenters. The molecule has 8 heteroatoms. The van der Waals surface area contributed by atoms with Crippen LogP contribution >= 0.6 is 0 Å². The number of rotatable bonds is 7. The van der Waals surface area contributed by atoms with Crippen molar-refractivity contribution in [1.29, 1.82) is 5.26 Å². The Kier molecular flexibility index (Phi) is 6.39. The van der Waals surface area contributed by atoms with Crippen molar-refractivity contribution in [2.75, 3.05) is 50.2 Å². The first kappa shape index (κ1) is 23.1. The number of hydrogen-bond donors (Lipinski definition) is 2. The van der Waals surface area contributed by atoms with E-state index in [9.17, 15) is 5.26 Å². The van der Waals surface area contributed by atoms with E-state index in [1.165, 1.54) is 0 Å². The van der Waals surface area contributed by atoms with Gasteiger partial charge in [-0.3, -0.25) is 0 Å². The Balaban J connectivity index is 1.62. The van der Waals surface area contributed by atoms with E-state index in [4.69, 9.17) is 10.7 Å². The smallest absolute Gasteiger partial charge is 0.227 e. The van der Waals surface area contributed by atoms with E-state index in [-0.39, 0.29) is 0 Å². The van der Waals surface area contributed by atoms with Crippen LogP contribution < -0.4 is 16.0 Å². The lowest BCUT2D eigenvalue weighted by Crippen LogP contribution is -2.29. The third-order valence-corrected chi connectivity index (χ3v) is 5.97. The van der Waals surface area contributed by atoms with E-state index in [2.05, 4.69) is 53.4 Å². The molecule has 174 valence electrons. The molecule has 4 rings (SSSR count). The molecule has 0 aliphatic rings. The fourth-order valence-corrected chi connectivity index (χ4v) is 3.99. The molecular formula is C26H30N8. The average molecular weight is 455 g/mol. The van der Waals surface area contributed by atoms with Crippen LogP contribution in [0.3, 0.4) is 0 Å². The van der Waals surface area contributed by atoms with Crippen molar-refractivity contribution in [3.63, 3.8) is 0 Å². The van der Waals surface area contributed by atoms with Gasteiger partial charge in [0.2, 0.25) is 5.95 Å². The van der Waals surface area contributed by atoms with Crippen molar-refractivity contribution in [1.82, 2.24) is 19.4 Å². The van der Waals surface area contributed by atoms with E-state index in [0.717, 1.165) is 52.2 Å². The second kappa shape index (κ2) is 9.41. The highest BCUT2D eigenvalue weighted by Gasteiger charge is 2.14. The molecule has 0 aliphatic carbocycles. The Morgan fingerprint density at radius 2 is 1.91 bits per heavy atom. The molecule has 0 aliphatic heterocycles. The zero-order valence-corrected chi connectivity index (χ0v) is 20.3. The molecule has 0 spiro atoms. The summed E-state index contributed by atoms with van der Waals surface area (Å²) in [5.41, 5.74) is 13.4. The van der Waals surface area contributed by atoms with Gasteiger partial charge in [0.05, 0.1) is 28.7 Å². The summed E-state index contributed by atoms with van der Waals surface area (Å²) in [4.78, 5) is 13.5. The molecule has 0 bridgehead atoms. The number of hydrogen-bond acceptors (Lipinski definition) is 7. The second-order valence-electron chi connectivity index (χ2n) is 8.84. The number of anilines is 4. The van der Waals surface area contributed by atoms with Crippen LogP contribution in [0.2, 0.25) is 0 Å². The van der Waals surface area contributed by atoms with Crippen molar-refractivity contribution in [3.8, 4) is 17.3 Å². The number of nitrogen functional groups attached to an aromatic ring is 1. The Morgan fingerprint density at radius 1 is 1.12 bits per heavy atom. The molecule has 4 aromatic rings. The summed E-state index contributed by atoms with van der Waals surface area (Å²) in [7, 11) is 8.14. The van der Waals surface area contributed by atoms with Crippen LogP contribution in [-0.2, 0) is 7.05 Å². The van der Waals surface area contributed by atoms with E-state index < -0.39 is 0 Å². The van der Waals surface area contributed by atoms with Gasteiger partial charge in [-0.15, -0.1) is 0 Å². The maximum absolute atomic E-state index is 9.22. The molecule has 3 N–H and O–H groups in total. The van der Waals surface area contributed by atoms with Gasteiger partial charge in [0, 0.05) is 61.7 Å². The molecule has 2 aromatic carbocycles. The van der Waals surface area contributed by atoms with Crippen LogP contribution in [0.5, 0.6) is 0 Å². The van der Waals surface area contributed by atoms with Crippen molar-refractivity contribution in [3.05, 3.63) is 59.9 Å². The summed E-state index contributed by atoms with van der Waals surface area (Å²) in [6, 6.07) is 13.8. The number of aromatic nitrogens is 3. The number of aryl methyl sites for hydroxylation is 2. The van der Waals surface area contributed by atoms with Crippen molar-refractivity contribution in [2.24, 2.45) is 7.05 Å². The highest BCUT2D eigenvalue weighted by Crippen LogP contribution is 2.32. The van der Waals surface area contributed by atoms with E-state index in [1.54, 1.807) is 6.20 Å². The van der Waals surface area contributed by atoms with Crippen LogP contribution in [0.4, 0.5) is 23.0 Å². The van der Waals surface area contributed by atoms with E-state index >= 15 is 0 Å². The minimum atomic E-state index is 0.499. The first-order valence-corrected chi connectivity index (χ1v) is 11.1. The maximum Gasteiger partial charge on any atom is 0.227 e. The minimum Gasteiger partial charge on any atom is -0.397 e. The lowest BCUT2D eigenvalue weighted by atomic mass is 10.1. The van der Waals surface area contributed by atoms with Crippen LogP contribution in [0.1, 0.15) is 11.1 Å². The quantitative estimate of drug-likeness (QED) is 0.405. The standard InChI is InChI=1S/C26H30N8/c1-17-12-25(33(4)11-10-32(2)3)21(28)14-23(17)31-26-29-9-8-22(30-26)20-16-34(5)24-13-18(15-27)6-7-19(20)24/h6-9,12-14,16H,10-11,28H2,1-5H3,(H,29,30,31). The van der Waals surface area contributed by atoms with Gasteiger partial charge >= 0.3 is 0 Å². The normalized spacial score (nSPS) is 11.1. The van der Waals surface area contributed by atoms with Gasteiger partial charge in [0.15, 0.2) is 0 Å². The molecule has 0 fully saturated rings. The Hall–Kier alpha value is -4.09. The monoisotopic (exact) mass is 454 g/mol. The molecule has 0 saturated carbocycles. The molecule has 0 saturated heterocycles. The van der Waals surface area contributed by atoms with Crippen LogP contribution in [0, 0.1) is 18.3 Å². The van der Waals surface area contributed by atoms with E-state index in [1.807, 2.05) is 55.1 Å². The maximum atomic E-state index is 9.22. The molecule has 8 nitrogen and oxygen atoms in total. The number of nitriles is 1. The minimum absolute atomic E-state index is 0.499. The first-order chi connectivity index (χ1) is 16.3. The SMILES string of the molecule is Cc1cc(N(C)CCN(C)C)c(N)cc1Nc1nccc(-c2cn(C)c3cc(C#N)ccc23)n1. The zero-order valence-electron chi connectivity index (χ0n) is 20.3. The number of fused-ring (bicyclic) bond motifs is 1. The van der Waals surface area contributed by atoms with Crippen LogP contribution in [0.25, 0.3) is 22.2 Å². The predicted molar refractivity (Wildman–Crippen MR) is 139 cm³/mol. The topological polar surface area (TPSA) is 99.0 Å². The Labute approximate surface area is 200 Å². The fourth-order valence-electron chi connectivity index (χ4n) is 3.99. The lowest BCUT2D eigenvalue weighted by Gasteiger charge is -2.24. The highest BCUT2D eigenvalue weighted by molar-refractivity contribution is 5.96. The summed E-state index contributed by atoms with van der Waals surface area (Å²) >= 11 is 0. The largest absolute Gasteiger partial charge is 0.397 e. The van der Waals surface area contributed by atoms with Gasteiger partial charge in [0.1, 0.15) is 0 Å². The van der Waals surface area contributed by atoms with Crippen LogP contribution in [0.15, 0.2) is 48.8 Å². The Bertz CT molecular complexity index is 1380. The third kappa shape index (κ3) is 4.65. The van der Waals surface area contributed by atoms with Gasteiger partial charge < -0.3 is 25.4 Å². The van der Waals surface area contributed by atoms with E-state index in [0.29, 0.717) is 17.2 Å². The Morgan fingerprint density at radius 3 is 2.65 bits per heavy atom. The number of nitrogens with zero attached hydrogens (tertiary/aromatic N) is 6. The summed E-state index contributed by atoms with van der Waals surface area (Å²) in [6.45, 7) is 3.88. The van der Waals surface area contributed by atoms with Crippen molar-refractivity contribution < 1.29 is 0 Å². The average Bonchev–Trinajstić information content (AvgIpc) is 3.15. The van der Waals surface area contributed by atoms with Gasteiger partial charge in [0.25, 0.3) is 0 Å². The molecule has 34 heavy (non-hydrogen) atoms. The van der Waals surface area contributed by atoms with Crippen LogP contribution in [-0.4, -0.2) is 53.7 Å². The summed E-state index contributed by atoms with van der Waals surface area (Å²) in [6.07, 6.45) is 3.77. The van der Waals surface area contributed by atoms with Gasteiger partial charge in [-0.05, 0) is 56.9 Å². The van der Waals surface area contributed by atoms with Gasteiger partial charge in [-0.2, -0.15) is 5.26 Å². The van der Waals surface area contributed by atoms with Crippen molar-refractivity contribution >= 4 is 33.9 Å². The fraction of sp³-hybridized carbons (Fsp3) is 0.269. The predicted octanol–water partition coefficient (Wildman–Crippen LogP) is 4.14. The molecule has 0 atom stereocenters. The van der Waals surface area contributed by atoms with Gasteiger partial charge in [-0.1, -0.05) is 6.07 Å². The number of nitrogens with one attached hydrogen (secondary N) is 1. The number of benzene rings is 2.